The minimum absolute atomic E-state index is 0.0602. The van der Waals surface area contributed by atoms with Gasteiger partial charge >= 0.3 is 12.0 Å². The van der Waals surface area contributed by atoms with Crippen LogP contribution in [0.1, 0.15) is 26.7 Å². The van der Waals surface area contributed by atoms with Crippen molar-refractivity contribution in [2.75, 3.05) is 27.3 Å². The summed E-state index contributed by atoms with van der Waals surface area (Å²) in [5, 5.41) is 11.5. The van der Waals surface area contributed by atoms with E-state index in [4.69, 9.17) is 9.84 Å². The van der Waals surface area contributed by atoms with Crippen LogP contribution in [-0.2, 0) is 9.53 Å². The second-order valence-corrected chi connectivity index (χ2v) is 4.67. The molecule has 0 radical (unpaired) electrons. The van der Waals surface area contributed by atoms with Crippen LogP contribution >= 0.6 is 0 Å². The minimum Gasteiger partial charge on any atom is -0.481 e. The molecule has 0 aromatic heterocycles. The molecule has 6 heteroatoms. The van der Waals surface area contributed by atoms with Crippen molar-refractivity contribution in [2.24, 2.45) is 5.92 Å². The van der Waals surface area contributed by atoms with Crippen LogP contribution in [0.3, 0.4) is 0 Å². The number of carboxylic acid groups (broad SMARTS) is 1. The Morgan fingerprint density at radius 1 is 1.39 bits per heavy atom. The van der Waals surface area contributed by atoms with Crippen LogP contribution < -0.4 is 5.32 Å². The Hall–Kier alpha value is -1.30. The van der Waals surface area contributed by atoms with Crippen molar-refractivity contribution < 1.29 is 19.4 Å². The van der Waals surface area contributed by atoms with Gasteiger partial charge in [0.05, 0.1) is 6.42 Å². The monoisotopic (exact) mass is 260 g/mol. The van der Waals surface area contributed by atoms with E-state index >= 15 is 0 Å². The number of hydrogen-bond donors (Lipinski definition) is 2. The van der Waals surface area contributed by atoms with E-state index in [1.54, 1.807) is 14.2 Å². The van der Waals surface area contributed by atoms with Gasteiger partial charge in [0.25, 0.3) is 0 Å². The normalized spacial score (nSPS) is 12.3. The molecule has 2 amide bonds. The van der Waals surface area contributed by atoms with E-state index < -0.39 is 5.97 Å². The van der Waals surface area contributed by atoms with Gasteiger partial charge in [0.2, 0.25) is 0 Å². The summed E-state index contributed by atoms with van der Waals surface area (Å²) in [6.45, 7) is 4.95. The molecule has 106 valence electrons. The number of methoxy groups -OCH3 is 1. The fraction of sp³-hybridized carbons (Fsp3) is 0.833. The topological polar surface area (TPSA) is 78.9 Å². The Bertz CT molecular complexity index is 269. The zero-order valence-corrected chi connectivity index (χ0v) is 11.6. The number of aliphatic carboxylic acids is 1. The molecule has 1 unspecified atom stereocenters. The second-order valence-electron chi connectivity index (χ2n) is 4.67. The molecule has 0 heterocycles. The summed E-state index contributed by atoms with van der Waals surface area (Å²) in [6, 6.07) is -0.592. The number of urea groups is 1. The lowest BCUT2D eigenvalue weighted by molar-refractivity contribution is -0.137. The van der Waals surface area contributed by atoms with Crippen LogP contribution in [0.4, 0.5) is 4.79 Å². The molecule has 0 bridgehead atoms. The van der Waals surface area contributed by atoms with Gasteiger partial charge in [-0.1, -0.05) is 13.8 Å². The molecule has 0 saturated carbocycles. The van der Waals surface area contributed by atoms with Crippen molar-refractivity contribution in [3.63, 3.8) is 0 Å². The smallest absolute Gasteiger partial charge is 0.317 e. The lowest BCUT2D eigenvalue weighted by Gasteiger charge is -2.25. The predicted molar refractivity (Wildman–Crippen MR) is 68.5 cm³/mol. The zero-order valence-electron chi connectivity index (χ0n) is 11.6. The van der Waals surface area contributed by atoms with E-state index in [1.807, 2.05) is 13.8 Å². The average Bonchev–Trinajstić information content (AvgIpc) is 2.27. The molecule has 0 aliphatic rings. The number of ether oxygens (including phenoxy) is 1. The third-order valence-electron chi connectivity index (χ3n) is 2.70. The number of rotatable bonds is 8. The van der Waals surface area contributed by atoms with Crippen molar-refractivity contribution in [3.8, 4) is 0 Å². The van der Waals surface area contributed by atoms with Gasteiger partial charge in [0.1, 0.15) is 0 Å². The van der Waals surface area contributed by atoms with E-state index in [0.717, 1.165) is 6.42 Å². The summed E-state index contributed by atoms with van der Waals surface area (Å²) in [4.78, 5) is 24.0. The highest BCUT2D eigenvalue weighted by Crippen LogP contribution is 2.06. The maximum atomic E-state index is 11.8. The summed E-state index contributed by atoms with van der Waals surface area (Å²) in [5.41, 5.74) is 0. The van der Waals surface area contributed by atoms with Crippen LogP contribution in [0.2, 0.25) is 0 Å². The van der Waals surface area contributed by atoms with Crippen molar-refractivity contribution in [1.82, 2.24) is 10.2 Å². The Kier molecular flexibility index (Phi) is 8.11. The van der Waals surface area contributed by atoms with Gasteiger partial charge in [-0.3, -0.25) is 4.79 Å². The second kappa shape index (κ2) is 8.74. The number of carboxylic acids is 1. The number of carbonyl (C=O) groups is 2. The highest BCUT2D eigenvalue weighted by Gasteiger charge is 2.20. The van der Waals surface area contributed by atoms with Crippen molar-refractivity contribution >= 4 is 12.0 Å². The summed E-state index contributed by atoms with van der Waals surface area (Å²) >= 11 is 0. The van der Waals surface area contributed by atoms with E-state index in [0.29, 0.717) is 13.2 Å². The van der Waals surface area contributed by atoms with E-state index in [1.165, 1.54) is 4.90 Å². The zero-order chi connectivity index (χ0) is 14.1. The summed E-state index contributed by atoms with van der Waals surface area (Å²) < 4.78 is 4.91. The molecule has 0 aromatic carbocycles. The van der Waals surface area contributed by atoms with E-state index in [9.17, 15) is 9.59 Å². The number of nitrogens with one attached hydrogen (secondary N) is 1. The standard InChI is InChI=1S/C12H24N2O4/c1-9(2)10(8-11(15)16)13-12(17)14(3)6-5-7-18-4/h9-10H,5-8H2,1-4H3,(H,13,17)(H,15,16). The molecule has 0 spiro atoms. The van der Waals surface area contributed by atoms with Crippen LogP contribution in [-0.4, -0.2) is 55.4 Å². The molecular formula is C12H24N2O4. The third-order valence-corrected chi connectivity index (χ3v) is 2.70. The van der Waals surface area contributed by atoms with Crippen molar-refractivity contribution in [1.29, 1.82) is 0 Å². The van der Waals surface area contributed by atoms with E-state index in [2.05, 4.69) is 5.32 Å². The number of hydrogen-bond acceptors (Lipinski definition) is 3. The lowest BCUT2D eigenvalue weighted by Crippen LogP contribution is -2.46. The fourth-order valence-corrected chi connectivity index (χ4v) is 1.46. The predicted octanol–water partition coefficient (Wildman–Crippen LogP) is 1.16. The summed E-state index contributed by atoms with van der Waals surface area (Å²) in [6.07, 6.45) is 0.695. The lowest BCUT2D eigenvalue weighted by atomic mass is 10.0. The van der Waals surface area contributed by atoms with Crippen molar-refractivity contribution in [2.45, 2.75) is 32.7 Å². The van der Waals surface area contributed by atoms with Gasteiger partial charge in [-0.15, -0.1) is 0 Å². The molecule has 0 aliphatic carbocycles. The SMILES string of the molecule is COCCCN(C)C(=O)NC(CC(=O)O)C(C)C. The highest BCUT2D eigenvalue weighted by molar-refractivity contribution is 5.75. The van der Waals surface area contributed by atoms with Gasteiger partial charge < -0.3 is 20.1 Å². The Morgan fingerprint density at radius 2 is 2.00 bits per heavy atom. The first-order valence-electron chi connectivity index (χ1n) is 6.10. The molecule has 0 saturated heterocycles. The van der Waals surface area contributed by atoms with Crippen molar-refractivity contribution in [3.05, 3.63) is 0 Å². The van der Waals surface area contributed by atoms with Crippen LogP contribution in [0.25, 0.3) is 0 Å². The number of amides is 2. The van der Waals surface area contributed by atoms with Gasteiger partial charge in [-0.2, -0.15) is 0 Å². The molecule has 2 N–H and O–H groups in total. The summed E-state index contributed by atoms with van der Waals surface area (Å²) in [5.74, 6) is -0.825. The minimum atomic E-state index is -0.906. The van der Waals surface area contributed by atoms with Gasteiger partial charge in [-0.25, -0.2) is 4.79 Å². The molecule has 1 atom stereocenters. The van der Waals surface area contributed by atoms with Gasteiger partial charge in [-0.05, 0) is 12.3 Å². The van der Waals surface area contributed by atoms with Gasteiger partial charge in [0.15, 0.2) is 0 Å². The van der Waals surface area contributed by atoms with Crippen LogP contribution in [0.5, 0.6) is 0 Å². The summed E-state index contributed by atoms with van der Waals surface area (Å²) in [7, 11) is 3.30. The maximum Gasteiger partial charge on any atom is 0.317 e. The maximum absolute atomic E-state index is 11.8. The molecule has 0 aromatic rings. The molecule has 0 aliphatic heterocycles. The average molecular weight is 260 g/mol. The Morgan fingerprint density at radius 3 is 2.44 bits per heavy atom. The highest BCUT2D eigenvalue weighted by atomic mass is 16.5. The molecule has 18 heavy (non-hydrogen) atoms. The molecule has 0 rings (SSSR count). The largest absolute Gasteiger partial charge is 0.481 e. The van der Waals surface area contributed by atoms with Crippen LogP contribution in [0.15, 0.2) is 0 Å². The fourth-order valence-electron chi connectivity index (χ4n) is 1.46. The first-order chi connectivity index (χ1) is 8.38. The quantitative estimate of drug-likeness (QED) is 0.642. The third kappa shape index (κ3) is 7.11. The van der Waals surface area contributed by atoms with E-state index in [-0.39, 0.29) is 24.4 Å². The van der Waals surface area contributed by atoms with Gasteiger partial charge in [0, 0.05) is 33.4 Å². The molecule has 6 nitrogen and oxygen atoms in total. The number of nitrogens with zero attached hydrogens (tertiary/aromatic N) is 1. The number of carbonyl (C=O) groups excluding carboxylic acids is 1. The first kappa shape index (κ1) is 16.7. The molecule has 0 fully saturated rings. The first-order valence-corrected chi connectivity index (χ1v) is 6.10. The Balaban J connectivity index is 4.19. The Labute approximate surface area is 108 Å². The molecular weight excluding hydrogens is 236 g/mol. The van der Waals surface area contributed by atoms with Crippen LogP contribution in [0, 0.1) is 5.92 Å².